The van der Waals surface area contributed by atoms with Crippen LogP contribution in [-0.2, 0) is 12.4 Å². The van der Waals surface area contributed by atoms with E-state index in [0.29, 0.717) is 5.88 Å². The van der Waals surface area contributed by atoms with Gasteiger partial charge in [0.25, 0.3) is 0 Å². The second-order valence-corrected chi connectivity index (χ2v) is 3.22. The van der Waals surface area contributed by atoms with E-state index < -0.39 is 0 Å². The molecule has 0 unspecified atom stereocenters. The maximum Gasteiger partial charge on any atom is 0.142 e. The molecule has 0 saturated heterocycles. The zero-order chi connectivity index (χ0) is 9.80. The number of alkyl halides is 1. The highest BCUT2D eigenvalue weighted by molar-refractivity contribution is 6.16. The normalized spacial score (nSPS) is 9.67. The third kappa shape index (κ3) is 2.94. The van der Waals surface area contributed by atoms with Crippen molar-refractivity contribution in [2.45, 2.75) is 12.4 Å². The predicted octanol–water partition coefficient (Wildman–Crippen LogP) is 2.49. The molecule has 15 heavy (non-hydrogen) atoms. The molecule has 0 aliphatic carbocycles. The fourth-order valence-electron chi connectivity index (χ4n) is 1.28. The van der Waals surface area contributed by atoms with E-state index in [2.05, 4.69) is 22.2 Å². The largest absolute Gasteiger partial charge is 0.244 e. The van der Waals surface area contributed by atoms with Gasteiger partial charge in [0, 0.05) is 0 Å². The molecule has 0 N–H and O–H groups in total. The molecule has 80 valence electrons. The summed E-state index contributed by atoms with van der Waals surface area (Å²) in [7, 11) is 0. The Morgan fingerprint density at radius 3 is 2.60 bits per heavy atom. The summed E-state index contributed by atoms with van der Waals surface area (Å²) < 4.78 is 1.81. The topological polar surface area (TPSA) is 30.7 Å². The molecule has 0 amide bonds. The van der Waals surface area contributed by atoms with Crippen LogP contribution < -0.4 is 0 Å². The molecule has 0 aliphatic heterocycles. The van der Waals surface area contributed by atoms with Gasteiger partial charge in [-0.3, -0.25) is 0 Å². The van der Waals surface area contributed by atoms with E-state index in [4.69, 9.17) is 11.6 Å². The summed E-state index contributed by atoms with van der Waals surface area (Å²) in [6, 6.07) is 10.1. The highest BCUT2D eigenvalue weighted by atomic mass is 35.5. The quantitative estimate of drug-likeness (QED) is 0.776. The van der Waals surface area contributed by atoms with E-state index in [9.17, 15) is 0 Å². The van der Waals surface area contributed by atoms with Crippen molar-refractivity contribution < 1.29 is 0 Å². The summed E-state index contributed by atoms with van der Waals surface area (Å²) >= 11 is 5.72. The number of benzene rings is 1. The third-order valence-corrected chi connectivity index (χ3v) is 2.23. The summed E-state index contributed by atoms with van der Waals surface area (Å²) in [5, 5.41) is 4.10. The summed E-state index contributed by atoms with van der Waals surface area (Å²) in [6.45, 7) is 0.725. The first-order valence-electron chi connectivity index (χ1n) is 4.36. The van der Waals surface area contributed by atoms with Crippen molar-refractivity contribution in [3.05, 3.63) is 48.0 Å². The van der Waals surface area contributed by atoms with Crippen LogP contribution >= 0.6 is 24.0 Å². The van der Waals surface area contributed by atoms with Gasteiger partial charge in [-0.15, -0.1) is 24.0 Å². The second-order valence-electron chi connectivity index (χ2n) is 2.95. The number of halogens is 2. The van der Waals surface area contributed by atoms with Crippen LogP contribution in [0, 0.1) is 0 Å². The van der Waals surface area contributed by atoms with Crippen molar-refractivity contribution in [2.24, 2.45) is 0 Å². The molecule has 1 aromatic heterocycles. The van der Waals surface area contributed by atoms with Crippen LogP contribution in [0.1, 0.15) is 11.4 Å². The lowest BCUT2D eigenvalue weighted by Crippen LogP contribution is -2.05. The summed E-state index contributed by atoms with van der Waals surface area (Å²) in [5.41, 5.74) is 1.20. The van der Waals surface area contributed by atoms with Gasteiger partial charge < -0.3 is 0 Å². The van der Waals surface area contributed by atoms with E-state index in [1.165, 1.54) is 11.9 Å². The number of nitrogens with zero attached hydrogens (tertiary/aromatic N) is 3. The van der Waals surface area contributed by atoms with Crippen LogP contribution in [0.25, 0.3) is 0 Å². The Morgan fingerprint density at radius 2 is 1.93 bits per heavy atom. The Hall–Kier alpha value is -1.06. The van der Waals surface area contributed by atoms with Crippen molar-refractivity contribution in [2.75, 3.05) is 0 Å². The Balaban J connectivity index is 0.00000112. The van der Waals surface area contributed by atoms with E-state index >= 15 is 0 Å². The van der Waals surface area contributed by atoms with Gasteiger partial charge in [0.05, 0.1) is 12.4 Å². The molecule has 0 saturated carbocycles. The van der Waals surface area contributed by atoms with Crippen molar-refractivity contribution >= 4 is 24.0 Å². The molecule has 0 aliphatic rings. The van der Waals surface area contributed by atoms with E-state index in [0.717, 1.165) is 12.4 Å². The molecule has 2 rings (SSSR count). The third-order valence-electron chi connectivity index (χ3n) is 1.99. The minimum Gasteiger partial charge on any atom is -0.244 e. The smallest absolute Gasteiger partial charge is 0.142 e. The molecule has 0 fully saturated rings. The van der Waals surface area contributed by atoms with Gasteiger partial charge in [0.2, 0.25) is 0 Å². The van der Waals surface area contributed by atoms with Crippen molar-refractivity contribution in [1.82, 2.24) is 14.8 Å². The maximum absolute atomic E-state index is 5.72. The van der Waals surface area contributed by atoms with E-state index in [1.54, 1.807) is 0 Å². The maximum atomic E-state index is 5.72. The minimum atomic E-state index is 0. The monoisotopic (exact) mass is 243 g/mol. The van der Waals surface area contributed by atoms with Gasteiger partial charge in [-0.1, -0.05) is 30.3 Å². The summed E-state index contributed by atoms with van der Waals surface area (Å²) in [5.74, 6) is 1.20. The standard InChI is InChI=1S/C10H10ClN3.ClH/c11-6-10-12-8-13-14(10)7-9-4-2-1-3-5-9;/h1-5,8H,6-7H2;1H. The summed E-state index contributed by atoms with van der Waals surface area (Å²) in [4.78, 5) is 4.05. The highest BCUT2D eigenvalue weighted by Gasteiger charge is 2.02. The summed E-state index contributed by atoms with van der Waals surface area (Å²) in [6.07, 6.45) is 1.53. The number of rotatable bonds is 3. The average molecular weight is 244 g/mol. The molecule has 0 radical (unpaired) electrons. The molecule has 1 heterocycles. The zero-order valence-corrected chi connectivity index (χ0v) is 9.58. The average Bonchev–Trinajstić information content (AvgIpc) is 2.67. The number of hydrogen-bond donors (Lipinski definition) is 0. The molecular weight excluding hydrogens is 233 g/mol. The molecule has 0 bridgehead atoms. The molecule has 0 spiro atoms. The van der Waals surface area contributed by atoms with Gasteiger partial charge in [-0.25, -0.2) is 9.67 Å². The molecule has 3 nitrogen and oxygen atoms in total. The van der Waals surface area contributed by atoms with Crippen LogP contribution in [0.4, 0.5) is 0 Å². The zero-order valence-electron chi connectivity index (χ0n) is 8.01. The molecule has 1 aromatic carbocycles. The first kappa shape index (κ1) is 12.0. The van der Waals surface area contributed by atoms with Gasteiger partial charge in [0.1, 0.15) is 12.2 Å². The van der Waals surface area contributed by atoms with E-state index in [1.807, 2.05) is 22.9 Å². The molecular formula is C10H11Cl2N3. The molecule has 5 heteroatoms. The fraction of sp³-hybridized carbons (Fsp3) is 0.200. The Bertz CT molecular complexity index is 400. The fourth-order valence-corrected chi connectivity index (χ4v) is 1.49. The van der Waals surface area contributed by atoms with Gasteiger partial charge >= 0.3 is 0 Å². The first-order chi connectivity index (χ1) is 6.90. The molecule has 2 aromatic rings. The van der Waals surface area contributed by atoms with E-state index in [-0.39, 0.29) is 12.4 Å². The predicted molar refractivity (Wildman–Crippen MR) is 62.4 cm³/mol. The van der Waals surface area contributed by atoms with Crippen LogP contribution in [0.2, 0.25) is 0 Å². The van der Waals surface area contributed by atoms with Crippen molar-refractivity contribution in [3.8, 4) is 0 Å². The number of aromatic nitrogens is 3. The van der Waals surface area contributed by atoms with Crippen molar-refractivity contribution in [3.63, 3.8) is 0 Å². The highest BCUT2D eigenvalue weighted by Crippen LogP contribution is 2.04. The molecule has 0 atom stereocenters. The lowest BCUT2D eigenvalue weighted by Gasteiger charge is -2.03. The van der Waals surface area contributed by atoms with Gasteiger partial charge in [-0.05, 0) is 5.56 Å². The van der Waals surface area contributed by atoms with Crippen LogP contribution in [0.3, 0.4) is 0 Å². The van der Waals surface area contributed by atoms with Crippen molar-refractivity contribution in [1.29, 1.82) is 0 Å². The Morgan fingerprint density at radius 1 is 1.20 bits per heavy atom. The lowest BCUT2D eigenvalue weighted by molar-refractivity contribution is 0.656. The van der Waals surface area contributed by atoms with Crippen LogP contribution in [0.5, 0.6) is 0 Å². The SMILES string of the molecule is Cl.ClCc1ncnn1Cc1ccccc1. The Labute approximate surface area is 99.5 Å². The van der Waals surface area contributed by atoms with Crippen LogP contribution in [-0.4, -0.2) is 14.8 Å². The second kappa shape index (κ2) is 5.73. The number of hydrogen-bond acceptors (Lipinski definition) is 2. The van der Waals surface area contributed by atoms with Gasteiger partial charge in [0.15, 0.2) is 0 Å². The minimum absolute atomic E-state index is 0. The van der Waals surface area contributed by atoms with Crippen LogP contribution in [0.15, 0.2) is 36.7 Å². The first-order valence-corrected chi connectivity index (χ1v) is 4.90. The van der Waals surface area contributed by atoms with Gasteiger partial charge in [-0.2, -0.15) is 5.10 Å². The lowest BCUT2D eigenvalue weighted by atomic mass is 10.2. The Kier molecular flexibility index (Phi) is 4.59.